The van der Waals surface area contributed by atoms with Gasteiger partial charge in [-0.05, 0) is 91.8 Å². The van der Waals surface area contributed by atoms with E-state index in [1.807, 2.05) is 82.3 Å². The Morgan fingerprint density at radius 2 is 1.41 bits per heavy atom. The summed E-state index contributed by atoms with van der Waals surface area (Å²) in [6.07, 6.45) is 0.897. The van der Waals surface area contributed by atoms with Gasteiger partial charge in [-0.1, -0.05) is 43.3 Å². The van der Waals surface area contributed by atoms with E-state index in [1.165, 1.54) is 4.90 Å². The minimum absolute atomic E-state index is 0.308. The first-order valence-corrected chi connectivity index (χ1v) is 10.9. The lowest BCUT2D eigenvalue weighted by molar-refractivity contribution is -0.120. The summed E-state index contributed by atoms with van der Waals surface area (Å²) in [5, 5.41) is 3.28. The summed E-state index contributed by atoms with van der Waals surface area (Å²) in [4.78, 5) is 28.4. The molecule has 1 aliphatic rings. The molecule has 1 N–H and O–H groups in total. The second-order valence-electron chi connectivity index (χ2n) is 8.52. The van der Waals surface area contributed by atoms with Gasteiger partial charge in [0.05, 0.1) is 11.3 Å². The Kier molecular flexibility index (Phi) is 5.70. The third kappa shape index (κ3) is 3.96. The van der Waals surface area contributed by atoms with Gasteiger partial charge >= 0.3 is 0 Å². The molecule has 0 aliphatic carbocycles. The van der Waals surface area contributed by atoms with Crippen molar-refractivity contribution in [3.63, 3.8) is 0 Å². The van der Waals surface area contributed by atoms with Crippen LogP contribution in [0.15, 0.2) is 66.4 Å². The van der Waals surface area contributed by atoms with Gasteiger partial charge in [0.25, 0.3) is 11.8 Å². The van der Waals surface area contributed by atoms with Crippen LogP contribution in [0.3, 0.4) is 0 Å². The van der Waals surface area contributed by atoms with Crippen LogP contribution in [0, 0.1) is 27.7 Å². The zero-order chi connectivity index (χ0) is 23.0. The number of carbonyl (C=O) groups is 2. The SMILES string of the molecule is CCc1ccc(N2C(=O)C(Nc3cc(C)cc(C)c3)=C(c3ccc(C)c(C)c3)C2=O)cc1. The molecule has 0 unspecified atom stereocenters. The number of benzene rings is 3. The molecular weight excluding hydrogens is 396 g/mol. The summed E-state index contributed by atoms with van der Waals surface area (Å²) in [6.45, 7) is 10.1. The average Bonchev–Trinajstić information content (AvgIpc) is 2.99. The van der Waals surface area contributed by atoms with E-state index in [1.54, 1.807) is 0 Å². The second kappa shape index (κ2) is 8.46. The van der Waals surface area contributed by atoms with Gasteiger partial charge in [-0.2, -0.15) is 0 Å². The molecule has 162 valence electrons. The van der Waals surface area contributed by atoms with Crippen LogP contribution in [-0.4, -0.2) is 11.8 Å². The highest BCUT2D eigenvalue weighted by molar-refractivity contribution is 6.46. The lowest BCUT2D eigenvalue weighted by Crippen LogP contribution is -2.32. The van der Waals surface area contributed by atoms with Gasteiger partial charge in [-0.3, -0.25) is 9.59 Å². The molecule has 4 heteroatoms. The van der Waals surface area contributed by atoms with Gasteiger partial charge in [-0.15, -0.1) is 0 Å². The van der Waals surface area contributed by atoms with E-state index in [9.17, 15) is 9.59 Å². The second-order valence-corrected chi connectivity index (χ2v) is 8.52. The molecule has 4 rings (SSSR count). The van der Waals surface area contributed by atoms with Gasteiger partial charge < -0.3 is 5.32 Å². The van der Waals surface area contributed by atoms with Crippen LogP contribution in [0.5, 0.6) is 0 Å². The van der Waals surface area contributed by atoms with Gasteiger partial charge in [0.2, 0.25) is 0 Å². The number of amides is 2. The molecule has 1 heterocycles. The molecule has 3 aromatic carbocycles. The summed E-state index contributed by atoms with van der Waals surface area (Å²) >= 11 is 0. The van der Waals surface area contributed by atoms with Crippen LogP contribution in [0.1, 0.15) is 40.3 Å². The number of hydrogen-bond acceptors (Lipinski definition) is 3. The van der Waals surface area contributed by atoms with Crippen molar-refractivity contribution in [1.82, 2.24) is 0 Å². The molecule has 1 aliphatic heterocycles. The smallest absolute Gasteiger partial charge is 0.282 e. The lowest BCUT2D eigenvalue weighted by Gasteiger charge is -2.16. The minimum atomic E-state index is -0.341. The summed E-state index contributed by atoms with van der Waals surface area (Å²) in [5.74, 6) is -0.652. The van der Waals surface area contributed by atoms with Crippen molar-refractivity contribution in [2.45, 2.75) is 41.0 Å². The minimum Gasteiger partial charge on any atom is -0.350 e. The van der Waals surface area contributed by atoms with Gasteiger partial charge in [-0.25, -0.2) is 4.90 Å². The molecule has 0 radical (unpaired) electrons. The van der Waals surface area contributed by atoms with Crippen molar-refractivity contribution in [1.29, 1.82) is 0 Å². The zero-order valence-corrected chi connectivity index (χ0v) is 19.2. The quantitative estimate of drug-likeness (QED) is 0.521. The molecule has 0 fully saturated rings. The van der Waals surface area contributed by atoms with Gasteiger partial charge in [0, 0.05) is 5.69 Å². The Hall–Kier alpha value is -3.66. The first-order valence-electron chi connectivity index (χ1n) is 10.9. The van der Waals surface area contributed by atoms with E-state index < -0.39 is 0 Å². The van der Waals surface area contributed by atoms with Crippen LogP contribution < -0.4 is 10.2 Å². The molecule has 4 nitrogen and oxygen atoms in total. The molecule has 0 spiro atoms. The number of nitrogens with zero attached hydrogens (tertiary/aromatic N) is 1. The fourth-order valence-electron chi connectivity index (χ4n) is 4.12. The Labute approximate surface area is 189 Å². The Morgan fingerprint density at radius 1 is 0.750 bits per heavy atom. The molecule has 32 heavy (non-hydrogen) atoms. The van der Waals surface area contributed by atoms with E-state index in [0.717, 1.165) is 45.5 Å². The number of rotatable bonds is 5. The highest BCUT2D eigenvalue weighted by Crippen LogP contribution is 2.34. The molecule has 0 bridgehead atoms. The van der Waals surface area contributed by atoms with E-state index in [2.05, 4.69) is 18.3 Å². The average molecular weight is 425 g/mol. The lowest BCUT2D eigenvalue weighted by atomic mass is 9.99. The third-order valence-corrected chi connectivity index (χ3v) is 5.97. The van der Waals surface area contributed by atoms with E-state index in [4.69, 9.17) is 0 Å². The highest BCUT2D eigenvalue weighted by atomic mass is 16.2. The largest absolute Gasteiger partial charge is 0.350 e. The van der Waals surface area contributed by atoms with Crippen molar-refractivity contribution in [2.24, 2.45) is 0 Å². The number of imide groups is 1. The van der Waals surface area contributed by atoms with Crippen molar-refractivity contribution in [3.05, 3.63) is 99.7 Å². The van der Waals surface area contributed by atoms with Crippen LogP contribution >= 0.6 is 0 Å². The standard InChI is InChI=1S/C28H28N2O2/c1-6-21-8-11-24(12-9-21)30-27(31)25(22-10-7-19(4)20(5)16-22)26(28(30)32)29-23-14-17(2)13-18(3)15-23/h7-16,29H,6H2,1-5H3. The Morgan fingerprint density at radius 3 is 2.00 bits per heavy atom. The number of hydrogen-bond donors (Lipinski definition) is 1. The van der Waals surface area contributed by atoms with Crippen molar-refractivity contribution >= 4 is 28.8 Å². The number of anilines is 2. The van der Waals surface area contributed by atoms with Crippen molar-refractivity contribution in [2.75, 3.05) is 10.2 Å². The van der Waals surface area contributed by atoms with E-state index in [-0.39, 0.29) is 11.8 Å². The zero-order valence-electron chi connectivity index (χ0n) is 19.2. The van der Waals surface area contributed by atoms with Gasteiger partial charge in [0.1, 0.15) is 5.70 Å². The topological polar surface area (TPSA) is 49.4 Å². The first-order chi connectivity index (χ1) is 15.3. The summed E-state index contributed by atoms with van der Waals surface area (Å²) in [6, 6.07) is 19.5. The molecule has 2 amide bonds. The molecule has 0 aromatic heterocycles. The number of aryl methyl sites for hydroxylation is 5. The van der Waals surface area contributed by atoms with E-state index >= 15 is 0 Å². The summed E-state index contributed by atoms with van der Waals surface area (Å²) in [7, 11) is 0. The van der Waals surface area contributed by atoms with Crippen molar-refractivity contribution in [3.8, 4) is 0 Å². The molecule has 0 saturated heterocycles. The van der Waals surface area contributed by atoms with Crippen LogP contribution in [-0.2, 0) is 16.0 Å². The van der Waals surface area contributed by atoms with Gasteiger partial charge in [0.15, 0.2) is 0 Å². The monoisotopic (exact) mass is 424 g/mol. The van der Waals surface area contributed by atoms with Crippen molar-refractivity contribution < 1.29 is 9.59 Å². The first kappa shape index (κ1) is 21.6. The predicted octanol–water partition coefficient (Wildman–Crippen LogP) is 5.88. The predicted molar refractivity (Wildman–Crippen MR) is 131 cm³/mol. The maximum absolute atomic E-state index is 13.6. The fourth-order valence-corrected chi connectivity index (χ4v) is 4.12. The summed E-state index contributed by atoms with van der Waals surface area (Å²) in [5.41, 5.74) is 8.37. The molecule has 0 saturated carbocycles. The summed E-state index contributed by atoms with van der Waals surface area (Å²) < 4.78 is 0. The van der Waals surface area contributed by atoms with Crippen LogP contribution in [0.25, 0.3) is 5.57 Å². The molecule has 3 aromatic rings. The third-order valence-electron chi connectivity index (χ3n) is 5.97. The highest BCUT2D eigenvalue weighted by Gasteiger charge is 2.40. The van der Waals surface area contributed by atoms with Crippen LogP contribution in [0.4, 0.5) is 11.4 Å². The fraction of sp³-hybridized carbons (Fsp3) is 0.214. The number of carbonyl (C=O) groups excluding carboxylic acids is 2. The van der Waals surface area contributed by atoms with E-state index in [0.29, 0.717) is 17.0 Å². The Balaban J connectivity index is 1.83. The van der Waals surface area contributed by atoms with Crippen LogP contribution in [0.2, 0.25) is 0 Å². The normalized spacial score (nSPS) is 13.8. The maximum atomic E-state index is 13.6. The molecular formula is C28H28N2O2. The molecule has 0 atom stereocenters. The number of nitrogens with one attached hydrogen (secondary N) is 1. The maximum Gasteiger partial charge on any atom is 0.282 e. The Bertz CT molecular complexity index is 1230.